The van der Waals surface area contributed by atoms with E-state index < -0.39 is 0 Å². The Morgan fingerprint density at radius 3 is 2.57 bits per heavy atom. The van der Waals surface area contributed by atoms with E-state index in [1.807, 2.05) is 0 Å². The van der Waals surface area contributed by atoms with Gasteiger partial charge in [-0.25, -0.2) is 4.57 Å². The van der Waals surface area contributed by atoms with Gasteiger partial charge in [0.2, 0.25) is 0 Å². The molecule has 0 atom stereocenters. The Labute approximate surface area is 102 Å². The molecule has 74 valence electrons. The lowest BCUT2D eigenvalue weighted by molar-refractivity contribution is -0.698. The molecule has 2 aromatic rings. The number of halogens is 1. The molecule has 1 nitrogen and oxygen atoms in total. The van der Waals surface area contributed by atoms with Gasteiger partial charge in [-0.2, -0.15) is 0 Å². The molecular weight excluding hydrogens is 285 g/mol. The minimum absolute atomic E-state index is 0. The van der Waals surface area contributed by atoms with Crippen molar-refractivity contribution >= 4 is 10.8 Å². The van der Waals surface area contributed by atoms with E-state index in [9.17, 15) is 0 Å². The molecule has 0 saturated heterocycles. The van der Waals surface area contributed by atoms with E-state index in [-0.39, 0.29) is 24.0 Å². The van der Waals surface area contributed by atoms with Crippen LogP contribution in [0.15, 0.2) is 36.5 Å². The fourth-order valence-electron chi connectivity index (χ4n) is 1.75. The minimum Gasteiger partial charge on any atom is -1.00 e. The standard InChI is InChI=1S/C12H14N.HI/c1-3-13-9-8-11-6-4-5-7-12(11)10(13)2;/h4-9H,3H2,1-2H3;1H/q+1;/p-1. The Bertz CT molecular complexity index is 437. The van der Waals surface area contributed by atoms with Gasteiger partial charge in [-0.3, -0.25) is 0 Å². The molecule has 0 aliphatic heterocycles. The molecular formula is C12H14IN. The smallest absolute Gasteiger partial charge is 0.186 e. The van der Waals surface area contributed by atoms with Crippen LogP contribution in [-0.2, 0) is 6.54 Å². The van der Waals surface area contributed by atoms with Crippen LogP contribution in [0.3, 0.4) is 0 Å². The zero-order valence-electron chi connectivity index (χ0n) is 8.50. The second-order valence-corrected chi connectivity index (χ2v) is 3.27. The number of rotatable bonds is 1. The monoisotopic (exact) mass is 299 g/mol. The van der Waals surface area contributed by atoms with Gasteiger partial charge in [0, 0.05) is 18.4 Å². The van der Waals surface area contributed by atoms with Gasteiger partial charge in [0.1, 0.15) is 6.54 Å². The second-order valence-electron chi connectivity index (χ2n) is 3.27. The molecule has 1 heterocycles. The lowest BCUT2D eigenvalue weighted by Gasteiger charge is -2.01. The number of aryl methyl sites for hydroxylation is 2. The van der Waals surface area contributed by atoms with E-state index in [0.717, 1.165) is 6.54 Å². The first-order valence-corrected chi connectivity index (χ1v) is 4.70. The van der Waals surface area contributed by atoms with E-state index in [4.69, 9.17) is 0 Å². The topological polar surface area (TPSA) is 3.88 Å². The number of benzene rings is 1. The number of aromatic nitrogens is 1. The van der Waals surface area contributed by atoms with Crippen LogP contribution in [0.4, 0.5) is 0 Å². The first-order chi connectivity index (χ1) is 6.33. The number of pyridine rings is 1. The molecule has 0 N–H and O–H groups in total. The number of nitrogens with zero attached hydrogens (tertiary/aromatic N) is 1. The van der Waals surface area contributed by atoms with Gasteiger partial charge in [0.05, 0.1) is 0 Å². The molecule has 1 aromatic carbocycles. The predicted octanol–water partition coefficient (Wildman–Crippen LogP) is -0.540. The molecule has 1 aromatic heterocycles. The zero-order chi connectivity index (χ0) is 9.26. The zero-order valence-corrected chi connectivity index (χ0v) is 10.7. The minimum atomic E-state index is 0. The third-order valence-corrected chi connectivity index (χ3v) is 2.56. The van der Waals surface area contributed by atoms with Gasteiger partial charge in [0.25, 0.3) is 0 Å². The van der Waals surface area contributed by atoms with Crippen molar-refractivity contribution in [2.75, 3.05) is 0 Å². The van der Waals surface area contributed by atoms with Crippen LogP contribution >= 0.6 is 0 Å². The molecule has 0 aliphatic rings. The van der Waals surface area contributed by atoms with Gasteiger partial charge in [-0.05, 0) is 18.4 Å². The highest BCUT2D eigenvalue weighted by atomic mass is 127. The van der Waals surface area contributed by atoms with Crippen molar-refractivity contribution in [3.05, 3.63) is 42.2 Å². The van der Waals surface area contributed by atoms with Crippen LogP contribution in [0.25, 0.3) is 10.8 Å². The summed E-state index contributed by atoms with van der Waals surface area (Å²) in [5.74, 6) is 0. The largest absolute Gasteiger partial charge is 1.00 e. The van der Waals surface area contributed by atoms with Gasteiger partial charge in [-0.15, -0.1) is 0 Å². The summed E-state index contributed by atoms with van der Waals surface area (Å²) >= 11 is 0. The van der Waals surface area contributed by atoms with Crippen LogP contribution in [0, 0.1) is 6.92 Å². The summed E-state index contributed by atoms with van der Waals surface area (Å²) in [6.07, 6.45) is 2.15. The van der Waals surface area contributed by atoms with Crippen molar-refractivity contribution in [2.24, 2.45) is 0 Å². The maximum absolute atomic E-state index is 2.27. The molecule has 0 saturated carbocycles. The van der Waals surface area contributed by atoms with Gasteiger partial charge < -0.3 is 24.0 Å². The fourth-order valence-corrected chi connectivity index (χ4v) is 1.75. The van der Waals surface area contributed by atoms with Gasteiger partial charge >= 0.3 is 0 Å². The second kappa shape index (κ2) is 4.73. The molecule has 2 heteroatoms. The molecule has 0 radical (unpaired) electrons. The Balaban J connectivity index is 0.000000980. The molecule has 0 spiro atoms. The van der Waals surface area contributed by atoms with Crippen molar-refractivity contribution in [1.29, 1.82) is 0 Å². The third kappa shape index (κ3) is 1.90. The third-order valence-electron chi connectivity index (χ3n) is 2.56. The molecule has 2 rings (SSSR count). The molecule has 0 unspecified atom stereocenters. The number of hydrogen-bond acceptors (Lipinski definition) is 0. The number of fused-ring (bicyclic) bond motifs is 1. The summed E-state index contributed by atoms with van der Waals surface area (Å²) in [5, 5.41) is 2.68. The highest BCUT2D eigenvalue weighted by molar-refractivity contribution is 5.83. The average molecular weight is 299 g/mol. The highest BCUT2D eigenvalue weighted by Crippen LogP contribution is 2.13. The van der Waals surface area contributed by atoms with Crippen LogP contribution < -0.4 is 28.5 Å². The highest BCUT2D eigenvalue weighted by Gasteiger charge is 2.06. The Hall–Kier alpha value is -0.640. The van der Waals surface area contributed by atoms with E-state index in [0.29, 0.717) is 0 Å². The van der Waals surface area contributed by atoms with Crippen LogP contribution in [0.5, 0.6) is 0 Å². The summed E-state index contributed by atoms with van der Waals surface area (Å²) in [6.45, 7) is 5.38. The Morgan fingerprint density at radius 2 is 1.86 bits per heavy atom. The van der Waals surface area contributed by atoms with Gasteiger partial charge in [-0.1, -0.05) is 18.2 Å². The summed E-state index contributed by atoms with van der Waals surface area (Å²) in [7, 11) is 0. The summed E-state index contributed by atoms with van der Waals surface area (Å²) in [6, 6.07) is 10.7. The van der Waals surface area contributed by atoms with Crippen molar-refractivity contribution in [1.82, 2.24) is 0 Å². The maximum Gasteiger partial charge on any atom is 0.186 e. The van der Waals surface area contributed by atoms with Crippen molar-refractivity contribution in [3.63, 3.8) is 0 Å². The lowest BCUT2D eigenvalue weighted by Crippen LogP contribution is -3.00. The van der Waals surface area contributed by atoms with Crippen LogP contribution in [-0.4, -0.2) is 0 Å². The molecule has 0 bridgehead atoms. The summed E-state index contributed by atoms with van der Waals surface area (Å²) in [4.78, 5) is 0. The molecule has 14 heavy (non-hydrogen) atoms. The van der Waals surface area contributed by atoms with Crippen LogP contribution in [0.1, 0.15) is 12.6 Å². The summed E-state index contributed by atoms with van der Waals surface area (Å²) in [5.41, 5.74) is 1.35. The van der Waals surface area contributed by atoms with Crippen molar-refractivity contribution in [2.45, 2.75) is 20.4 Å². The first kappa shape index (κ1) is 11.4. The van der Waals surface area contributed by atoms with Crippen molar-refractivity contribution < 1.29 is 28.5 Å². The molecule has 0 aliphatic carbocycles. The van der Waals surface area contributed by atoms with E-state index in [2.05, 4.69) is 54.9 Å². The van der Waals surface area contributed by atoms with Gasteiger partial charge in [0.15, 0.2) is 11.9 Å². The lowest BCUT2D eigenvalue weighted by atomic mass is 10.1. The molecule has 0 fully saturated rings. The average Bonchev–Trinajstić information content (AvgIpc) is 2.19. The summed E-state index contributed by atoms with van der Waals surface area (Å²) < 4.78 is 2.27. The van der Waals surface area contributed by atoms with E-state index >= 15 is 0 Å². The van der Waals surface area contributed by atoms with Crippen molar-refractivity contribution in [3.8, 4) is 0 Å². The first-order valence-electron chi connectivity index (χ1n) is 4.70. The SMILES string of the molecule is CC[n+]1ccc2ccccc2c1C.[I-]. The maximum atomic E-state index is 2.27. The predicted molar refractivity (Wildman–Crippen MR) is 54.6 cm³/mol. The van der Waals surface area contributed by atoms with Crippen LogP contribution in [0.2, 0.25) is 0 Å². The quantitative estimate of drug-likeness (QED) is 0.492. The Morgan fingerprint density at radius 1 is 1.14 bits per heavy atom. The normalized spacial score (nSPS) is 9.86. The molecule has 0 amide bonds. The fraction of sp³-hybridized carbons (Fsp3) is 0.250. The number of hydrogen-bond donors (Lipinski definition) is 0. The van der Waals surface area contributed by atoms with E-state index in [1.54, 1.807) is 0 Å². The van der Waals surface area contributed by atoms with E-state index in [1.165, 1.54) is 16.5 Å². The Kier molecular flexibility index (Phi) is 3.86.